The van der Waals surface area contributed by atoms with Gasteiger partial charge in [-0.3, -0.25) is 4.79 Å². The zero-order valence-electron chi connectivity index (χ0n) is 12.5. The van der Waals surface area contributed by atoms with Crippen LogP contribution in [0.2, 0.25) is 0 Å². The summed E-state index contributed by atoms with van der Waals surface area (Å²) in [6.07, 6.45) is -3.72. The standard InChI is InChI=1S/C16H21F3N2O/c1-11-9-13(20)7-8-21(11)15(22)10-14(16(17,18)19)12-5-3-2-4-6-12/h2-6,11,13-14H,7-10,20H2,1H3/t11-,13-,14-/m1/s1. The van der Waals surface area contributed by atoms with Crippen LogP contribution in [0.1, 0.15) is 37.7 Å². The minimum absolute atomic E-state index is 0.0200. The molecule has 2 N–H and O–H groups in total. The van der Waals surface area contributed by atoms with Crippen LogP contribution in [0, 0.1) is 0 Å². The van der Waals surface area contributed by atoms with Gasteiger partial charge in [-0.25, -0.2) is 0 Å². The third-order valence-electron chi connectivity index (χ3n) is 4.21. The molecule has 1 fully saturated rings. The van der Waals surface area contributed by atoms with Gasteiger partial charge in [0, 0.05) is 25.0 Å². The Morgan fingerprint density at radius 2 is 2.00 bits per heavy atom. The van der Waals surface area contributed by atoms with Crippen LogP contribution < -0.4 is 5.73 Å². The van der Waals surface area contributed by atoms with Crippen molar-refractivity contribution in [2.75, 3.05) is 6.54 Å². The maximum atomic E-state index is 13.3. The molecular weight excluding hydrogens is 293 g/mol. The van der Waals surface area contributed by atoms with Gasteiger partial charge in [0.1, 0.15) is 0 Å². The molecule has 0 saturated carbocycles. The van der Waals surface area contributed by atoms with E-state index in [9.17, 15) is 18.0 Å². The van der Waals surface area contributed by atoms with E-state index >= 15 is 0 Å². The quantitative estimate of drug-likeness (QED) is 0.932. The second-order valence-electron chi connectivity index (χ2n) is 5.93. The molecule has 2 rings (SSSR count). The lowest BCUT2D eigenvalue weighted by molar-refractivity contribution is -0.162. The molecule has 0 spiro atoms. The lowest BCUT2D eigenvalue weighted by Crippen LogP contribution is -2.49. The molecule has 0 radical (unpaired) electrons. The van der Waals surface area contributed by atoms with Gasteiger partial charge in [-0.15, -0.1) is 0 Å². The van der Waals surface area contributed by atoms with Crippen LogP contribution in [0.3, 0.4) is 0 Å². The highest BCUT2D eigenvalue weighted by Crippen LogP contribution is 2.38. The molecule has 1 amide bonds. The molecule has 1 heterocycles. The van der Waals surface area contributed by atoms with Crippen molar-refractivity contribution in [3.63, 3.8) is 0 Å². The monoisotopic (exact) mass is 314 g/mol. The minimum Gasteiger partial charge on any atom is -0.340 e. The number of amides is 1. The van der Waals surface area contributed by atoms with Crippen molar-refractivity contribution in [3.05, 3.63) is 35.9 Å². The van der Waals surface area contributed by atoms with Crippen LogP contribution in [-0.4, -0.2) is 35.6 Å². The highest BCUT2D eigenvalue weighted by atomic mass is 19.4. The van der Waals surface area contributed by atoms with Crippen LogP contribution in [-0.2, 0) is 4.79 Å². The summed E-state index contributed by atoms with van der Waals surface area (Å²) in [5.74, 6) is -2.21. The van der Waals surface area contributed by atoms with E-state index in [1.54, 1.807) is 18.2 Å². The fourth-order valence-electron chi connectivity index (χ4n) is 2.98. The first-order chi connectivity index (χ1) is 10.3. The fourth-order valence-corrected chi connectivity index (χ4v) is 2.98. The predicted molar refractivity (Wildman–Crippen MR) is 78.2 cm³/mol. The van der Waals surface area contributed by atoms with Crippen molar-refractivity contribution in [1.82, 2.24) is 4.90 Å². The molecule has 0 aliphatic carbocycles. The van der Waals surface area contributed by atoms with Gasteiger partial charge in [0.15, 0.2) is 0 Å². The van der Waals surface area contributed by atoms with E-state index in [1.807, 2.05) is 6.92 Å². The summed E-state index contributed by atoms with van der Waals surface area (Å²) in [5.41, 5.74) is 5.96. The van der Waals surface area contributed by atoms with Gasteiger partial charge in [0.2, 0.25) is 5.91 Å². The van der Waals surface area contributed by atoms with E-state index < -0.39 is 24.4 Å². The van der Waals surface area contributed by atoms with Crippen LogP contribution in [0.25, 0.3) is 0 Å². The predicted octanol–water partition coefficient (Wildman–Crippen LogP) is 3.06. The Morgan fingerprint density at radius 1 is 1.36 bits per heavy atom. The number of benzene rings is 1. The summed E-state index contributed by atoms with van der Waals surface area (Å²) in [7, 11) is 0. The van der Waals surface area contributed by atoms with Gasteiger partial charge < -0.3 is 10.6 Å². The third kappa shape index (κ3) is 4.00. The molecule has 1 saturated heterocycles. The van der Waals surface area contributed by atoms with Crippen molar-refractivity contribution in [1.29, 1.82) is 0 Å². The number of alkyl halides is 3. The first kappa shape index (κ1) is 16.8. The van der Waals surface area contributed by atoms with Crippen LogP contribution in [0.4, 0.5) is 13.2 Å². The average molecular weight is 314 g/mol. The highest BCUT2D eigenvalue weighted by molar-refractivity contribution is 5.77. The summed E-state index contributed by atoms with van der Waals surface area (Å²) < 4.78 is 39.9. The Kier molecular flexibility index (Phi) is 5.11. The normalized spacial score (nSPS) is 24.1. The summed E-state index contributed by atoms with van der Waals surface area (Å²) in [6, 6.07) is 7.52. The Balaban J connectivity index is 2.12. The molecule has 1 aromatic rings. The van der Waals surface area contributed by atoms with E-state index in [1.165, 1.54) is 17.0 Å². The SMILES string of the molecule is C[C@@H]1C[C@H](N)CCN1C(=O)C[C@H](c1ccccc1)C(F)(F)F. The molecule has 0 unspecified atom stereocenters. The van der Waals surface area contributed by atoms with Crippen LogP contribution in [0.5, 0.6) is 0 Å². The number of carbonyl (C=O) groups is 1. The van der Waals surface area contributed by atoms with E-state index in [-0.39, 0.29) is 17.6 Å². The number of nitrogens with zero attached hydrogens (tertiary/aromatic N) is 1. The smallest absolute Gasteiger partial charge is 0.340 e. The second-order valence-corrected chi connectivity index (χ2v) is 5.93. The maximum Gasteiger partial charge on any atom is 0.396 e. The molecular formula is C16H21F3N2O. The number of nitrogens with two attached hydrogens (primary N) is 1. The maximum absolute atomic E-state index is 13.3. The largest absolute Gasteiger partial charge is 0.396 e. The van der Waals surface area contributed by atoms with E-state index in [0.717, 1.165) is 0 Å². The summed E-state index contributed by atoms with van der Waals surface area (Å²) >= 11 is 0. The van der Waals surface area contributed by atoms with Gasteiger partial charge in [-0.1, -0.05) is 30.3 Å². The molecule has 22 heavy (non-hydrogen) atoms. The van der Waals surface area contributed by atoms with Crippen LogP contribution >= 0.6 is 0 Å². The number of rotatable bonds is 3. The molecule has 0 bridgehead atoms. The topological polar surface area (TPSA) is 46.3 Å². The van der Waals surface area contributed by atoms with Crippen molar-refractivity contribution < 1.29 is 18.0 Å². The lowest BCUT2D eigenvalue weighted by atomic mass is 9.92. The van der Waals surface area contributed by atoms with Crippen molar-refractivity contribution in [2.45, 2.75) is 50.4 Å². The van der Waals surface area contributed by atoms with Crippen molar-refractivity contribution in [3.8, 4) is 0 Å². The molecule has 0 aromatic heterocycles. The zero-order chi connectivity index (χ0) is 16.3. The van der Waals surface area contributed by atoms with Crippen molar-refractivity contribution >= 4 is 5.91 Å². The van der Waals surface area contributed by atoms with Gasteiger partial charge >= 0.3 is 6.18 Å². The first-order valence-electron chi connectivity index (χ1n) is 7.45. The van der Waals surface area contributed by atoms with E-state index in [0.29, 0.717) is 19.4 Å². The van der Waals surface area contributed by atoms with Gasteiger partial charge in [-0.2, -0.15) is 13.2 Å². The number of carbonyl (C=O) groups excluding carboxylic acids is 1. The lowest BCUT2D eigenvalue weighted by Gasteiger charge is -2.37. The minimum atomic E-state index is -4.44. The number of likely N-dealkylation sites (tertiary alicyclic amines) is 1. The van der Waals surface area contributed by atoms with Crippen LogP contribution in [0.15, 0.2) is 30.3 Å². The molecule has 1 aliphatic rings. The van der Waals surface area contributed by atoms with E-state index in [4.69, 9.17) is 5.73 Å². The zero-order valence-corrected chi connectivity index (χ0v) is 12.5. The number of hydrogen-bond donors (Lipinski definition) is 1. The molecule has 1 aliphatic heterocycles. The van der Waals surface area contributed by atoms with Crippen molar-refractivity contribution in [2.24, 2.45) is 5.73 Å². The van der Waals surface area contributed by atoms with Gasteiger partial charge in [0.25, 0.3) is 0 Å². The number of hydrogen-bond acceptors (Lipinski definition) is 2. The Bertz CT molecular complexity index is 504. The summed E-state index contributed by atoms with van der Waals surface area (Å²) in [5, 5.41) is 0. The highest BCUT2D eigenvalue weighted by Gasteiger charge is 2.43. The first-order valence-corrected chi connectivity index (χ1v) is 7.45. The number of halogens is 3. The Hall–Kier alpha value is -1.56. The molecule has 122 valence electrons. The van der Waals surface area contributed by atoms with Gasteiger partial charge in [0.05, 0.1) is 5.92 Å². The average Bonchev–Trinajstić information content (AvgIpc) is 2.44. The van der Waals surface area contributed by atoms with Gasteiger partial charge in [-0.05, 0) is 25.3 Å². The fraction of sp³-hybridized carbons (Fsp3) is 0.562. The Morgan fingerprint density at radius 3 is 2.55 bits per heavy atom. The summed E-state index contributed by atoms with van der Waals surface area (Å²) in [4.78, 5) is 13.9. The molecule has 6 heteroatoms. The molecule has 1 aromatic carbocycles. The summed E-state index contributed by atoms with van der Waals surface area (Å²) in [6.45, 7) is 2.27. The van der Waals surface area contributed by atoms with E-state index in [2.05, 4.69) is 0 Å². The molecule has 3 atom stereocenters. The molecule has 3 nitrogen and oxygen atoms in total. The second kappa shape index (κ2) is 6.69. The Labute approximate surface area is 128 Å². The number of piperidine rings is 1. The third-order valence-corrected chi connectivity index (χ3v) is 4.21.